The molecule has 1 aliphatic carbocycles. The van der Waals surface area contributed by atoms with E-state index >= 15 is 0 Å². The standard InChI is InChI=1S/C21H22ClNO4/c1-23(20(24)14-26-21(25)16-5-3-2-4-6-16)13-18-11-12-19(27-18)15-7-9-17(22)10-8-15/h2-3,7-12,16H,4-6,13-14H2,1H3/t16-/m1/s1. The van der Waals surface area contributed by atoms with E-state index in [0.29, 0.717) is 29.5 Å². The van der Waals surface area contributed by atoms with Crippen LogP contribution in [0.25, 0.3) is 11.3 Å². The smallest absolute Gasteiger partial charge is 0.309 e. The summed E-state index contributed by atoms with van der Waals surface area (Å²) in [4.78, 5) is 25.7. The van der Waals surface area contributed by atoms with E-state index in [2.05, 4.69) is 6.08 Å². The highest BCUT2D eigenvalue weighted by atomic mass is 35.5. The fraction of sp³-hybridized carbons (Fsp3) is 0.333. The number of halogens is 1. The lowest BCUT2D eigenvalue weighted by Crippen LogP contribution is -2.32. The van der Waals surface area contributed by atoms with E-state index in [1.54, 1.807) is 19.2 Å². The molecule has 0 spiro atoms. The van der Waals surface area contributed by atoms with Gasteiger partial charge in [-0.25, -0.2) is 0 Å². The maximum absolute atomic E-state index is 12.2. The van der Waals surface area contributed by atoms with Crippen LogP contribution >= 0.6 is 11.6 Å². The van der Waals surface area contributed by atoms with Crippen molar-refractivity contribution < 1.29 is 18.7 Å². The van der Waals surface area contributed by atoms with Crippen molar-refractivity contribution in [2.75, 3.05) is 13.7 Å². The van der Waals surface area contributed by atoms with E-state index in [9.17, 15) is 9.59 Å². The maximum Gasteiger partial charge on any atom is 0.309 e. The van der Waals surface area contributed by atoms with Crippen molar-refractivity contribution in [1.29, 1.82) is 0 Å². The molecule has 27 heavy (non-hydrogen) atoms. The summed E-state index contributed by atoms with van der Waals surface area (Å²) < 4.78 is 11.0. The van der Waals surface area contributed by atoms with Crippen molar-refractivity contribution in [1.82, 2.24) is 4.90 Å². The predicted molar refractivity (Wildman–Crippen MR) is 103 cm³/mol. The molecule has 3 rings (SSSR count). The summed E-state index contributed by atoms with van der Waals surface area (Å²) in [5, 5.41) is 0.662. The van der Waals surface area contributed by atoms with Crippen molar-refractivity contribution in [3.63, 3.8) is 0 Å². The molecule has 0 bridgehead atoms. The third-order valence-corrected chi connectivity index (χ3v) is 4.80. The van der Waals surface area contributed by atoms with Gasteiger partial charge < -0.3 is 14.1 Å². The number of furan rings is 1. The van der Waals surface area contributed by atoms with Gasteiger partial charge in [0.15, 0.2) is 6.61 Å². The van der Waals surface area contributed by atoms with E-state index in [1.165, 1.54) is 4.90 Å². The number of esters is 1. The van der Waals surface area contributed by atoms with Gasteiger partial charge in [-0.1, -0.05) is 23.8 Å². The van der Waals surface area contributed by atoms with Gasteiger partial charge in [-0.2, -0.15) is 0 Å². The zero-order valence-corrected chi connectivity index (χ0v) is 15.9. The van der Waals surface area contributed by atoms with Crippen molar-refractivity contribution in [3.05, 3.63) is 59.3 Å². The summed E-state index contributed by atoms with van der Waals surface area (Å²) in [7, 11) is 1.66. The fourth-order valence-corrected chi connectivity index (χ4v) is 3.05. The van der Waals surface area contributed by atoms with Crippen LogP contribution in [0.5, 0.6) is 0 Å². The number of carbonyl (C=O) groups is 2. The molecule has 2 aromatic rings. The van der Waals surface area contributed by atoms with Gasteiger partial charge in [0.2, 0.25) is 0 Å². The van der Waals surface area contributed by atoms with Gasteiger partial charge in [-0.3, -0.25) is 9.59 Å². The lowest BCUT2D eigenvalue weighted by molar-refractivity contribution is -0.155. The normalized spacial score (nSPS) is 16.1. The van der Waals surface area contributed by atoms with Crippen molar-refractivity contribution in [2.45, 2.75) is 25.8 Å². The minimum absolute atomic E-state index is 0.139. The number of benzene rings is 1. The van der Waals surface area contributed by atoms with Gasteiger partial charge in [0.05, 0.1) is 12.5 Å². The first kappa shape index (κ1) is 19.2. The van der Waals surface area contributed by atoms with Crippen LogP contribution in [0.2, 0.25) is 5.02 Å². The molecule has 1 atom stereocenters. The molecule has 6 heteroatoms. The van der Waals surface area contributed by atoms with Gasteiger partial charge in [0.25, 0.3) is 5.91 Å². The molecule has 0 unspecified atom stereocenters. The molecule has 5 nitrogen and oxygen atoms in total. The monoisotopic (exact) mass is 387 g/mol. The molecular formula is C21H22ClNO4. The Morgan fingerprint density at radius 3 is 2.67 bits per heavy atom. The highest BCUT2D eigenvalue weighted by molar-refractivity contribution is 6.30. The summed E-state index contributed by atoms with van der Waals surface area (Å²) in [6, 6.07) is 11.0. The summed E-state index contributed by atoms with van der Waals surface area (Å²) >= 11 is 5.90. The largest absolute Gasteiger partial charge is 0.459 e. The van der Waals surface area contributed by atoms with Crippen LogP contribution in [0.1, 0.15) is 25.0 Å². The molecule has 1 aliphatic rings. The van der Waals surface area contributed by atoms with Gasteiger partial charge in [-0.15, -0.1) is 0 Å². The molecule has 1 aromatic carbocycles. The van der Waals surface area contributed by atoms with E-state index in [4.69, 9.17) is 20.8 Å². The van der Waals surface area contributed by atoms with Crippen molar-refractivity contribution in [2.24, 2.45) is 5.92 Å². The zero-order valence-electron chi connectivity index (χ0n) is 15.2. The van der Waals surface area contributed by atoms with Crippen LogP contribution in [-0.4, -0.2) is 30.4 Å². The highest BCUT2D eigenvalue weighted by Crippen LogP contribution is 2.24. The number of hydrogen-bond donors (Lipinski definition) is 0. The van der Waals surface area contributed by atoms with Gasteiger partial charge >= 0.3 is 5.97 Å². The second kappa shape index (κ2) is 8.91. The number of likely N-dealkylation sites (N-methyl/N-ethyl adjacent to an activating group) is 1. The SMILES string of the molecule is CN(Cc1ccc(-c2ccc(Cl)cc2)o1)C(=O)COC(=O)[C@@H]1CC=CCC1. The topological polar surface area (TPSA) is 59.8 Å². The second-order valence-electron chi connectivity index (χ2n) is 6.61. The van der Waals surface area contributed by atoms with Crippen LogP contribution in [0.15, 0.2) is 53.0 Å². The molecule has 142 valence electrons. The number of amides is 1. The molecule has 1 amide bonds. The highest BCUT2D eigenvalue weighted by Gasteiger charge is 2.22. The van der Waals surface area contributed by atoms with Crippen LogP contribution in [0, 0.1) is 5.92 Å². The number of rotatable bonds is 6. The van der Waals surface area contributed by atoms with Crippen molar-refractivity contribution in [3.8, 4) is 11.3 Å². The Kier molecular flexibility index (Phi) is 6.35. The number of hydrogen-bond acceptors (Lipinski definition) is 4. The quantitative estimate of drug-likeness (QED) is 0.542. The van der Waals surface area contributed by atoms with Crippen molar-refractivity contribution >= 4 is 23.5 Å². The Labute approximate surface area is 163 Å². The minimum atomic E-state index is -0.302. The van der Waals surface area contributed by atoms with Gasteiger partial charge in [0, 0.05) is 17.6 Å². The number of nitrogens with zero attached hydrogens (tertiary/aromatic N) is 1. The summed E-state index contributed by atoms with van der Waals surface area (Å²) in [6.45, 7) is 0.0520. The Hall–Kier alpha value is -2.53. The summed E-state index contributed by atoms with van der Waals surface area (Å²) in [5.41, 5.74) is 0.912. The van der Waals surface area contributed by atoms with E-state index in [1.807, 2.05) is 30.3 Å². The lowest BCUT2D eigenvalue weighted by atomic mass is 9.95. The average molecular weight is 388 g/mol. The first-order valence-electron chi connectivity index (χ1n) is 8.93. The van der Waals surface area contributed by atoms with Gasteiger partial charge in [0.1, 0.15) is 11.5 Å². The number of carbonyl (C=O) groups excluding carboxylic acids is 2. The first-order chi connectivity index (χ1) is 13.0. The molecule has 1 heterocycles. The Bertz CT molecular complexity index is 825. The molecule has 0 aliphatic heterocycles. The first-order valence-corrected chi connectivity index (χ1v) is 9.31. The minimum Gasteiger partial charge on any atom is -0.459 e. The molecule has 0 fully saturated rings. The third kappa shape index (κ3) is 5.23. The Balaban J connectivity index is 1.50. The second-order valence-corrected chi connectivity index (χ2v) is 7.05. The van der Waals surface area contributed by atoms with E-state index in [-0.39, 0.29) is 24.4 Å². The summed E-state index contributed by atoms with van der Waals surface area (Å²) in [5.74, 6) is 0.655. The fourth-order valence-electron chi connectivity index (χ4n) is 2.92. The third-order valence-electron chi connectivity index (χ3n) is 4.55. The van der Waals surface area contributed by atoms with Gasteiger partial charge in [-0.05, 0) is 55.7 Å². The number of ether oxygens (including phenoxy) is 1. The summed E-state index contributed by atoms with van der Waals surface area (Å²) in [6.07, 6.45) is 6.38. The van der Waals surface area contributed by atoms with Crippen LogP contribution in [0.3, 0.4) is 0 Å². The van der Waals surface area contributed by atoms with Crippen LogP contribution in [-0.2, 0) is 20.9 Å². The Morgan fingerprint density at radius 2 is 1.96 bits per heavy atom. The molecule has 0 saturated carbocycles. The number of allylic oxidation sites excluding steroid dienone is 2. The lowest BCUT2D eigenvalue weighted by Gasteiger charge is -2.19. The maximum atomic E-state index is 12.2. The van der Waals surface area contributed by atoms with Crippen LogP contribution in [0.4, 0.5) is 0 Å². The van der Waals surface area contributed by atoms with Crippen LogP contribution < -0.4 is 0 Å². The predicted octanol–water partition coefficient (Wildman–Crippen LogP) is 4.46. The average Bonchev–Trinajstić information content (AvgIpc) is 3.15. The zero-order chi connectivity index (χ0) is 19.2. The van der Waals surface area contributed by atoms with E-state index < -0.39 is 0 Å². The molecule has 1 aromatic heterocycles. The molecule has 0 saturated heterocycles. The Morgan fingerprint density at radius 1 is 1.19 bits per heavy atom. The molecule has 0 N–H and O–H groups in total. The van der Waals surface area contributed by atoms with E-state index in [0.717, 1.165) is 18.4 Å². The molecule has 0 radical (unpaired) electrons. The molecular weight excluding hydrogens is 366 g/mol.